The van der Waals surface area contributed by atoms with Gasteiger partial charge in [-0.25, -0.2) is 17.6 Å². The topological polar surface area (TPSA) is 71.4 Å². The molecule has 21 heavy (non-hydrogen) atoms. The fraction of sp³-hybridized carbons (Fsp3) is 0.0833. The zero-order valence-corrected chi connectivity index (χ0v) is 14.1. The molecule has 2 rings (SSSR count). The Balaban J connectivity index is 2.52. The number of rotatable bonds is 4. The summed E-state index contributed by atoms with van der Waals surface area (Å²) in [5.74, 6) is -3.26. The Kier molecular flexibility index (Phi) is 4.72. The van der Waals surface area contributed by atoms with Crippen molar-refractivity contribution in [1.82, 2.24) is 0 Å². The third-order valence-corrected chi connectivity index (χ3v) is 6.06. The minimum Gasteiger partial charge on any atom is -0.478 e. The minimum absolute atomic E-state index is 0.170. The van der Waals surface area contributed by atoms with Gasteiger partial charge in [0.15, 0.2) is 15.7 Å². The summed E-state index contributed by atoms with van der Waals surface area (Å²) in [6.07, 6.45) is 0. The number of benzene rings is 1. The highest BCUT2D eigenvalue weighted by molar-refractivity contribution is 9.10. The molecule has 0 aliphatic carbocycles. The second-order valence-corrected chi connectivity index (χ2v) is 8.71. The standard InChI is InChI=1S/C12H7BrClFO4S2/c13-6-3-8(12(16)17)11(15)9(4-6)21(18,19)5-7-1-2-10(14)20-7/h1-4H,5H2,(H,16,17). The van der Waals surface area contributed by atoms with Crippen molar-refractivity contribution >= 4 is 54.7 Å². The van der Waals surface area contributed by atoms with Crippen molar-refractivity contribution in [3.63, 3.8) is 0 Å². The summed E-state index contributed by atoms with van der Waals surface area (Å²) in [7, 11) is -4.03. The van der Waals surface area contributed by atoms with Gasteiger partial charge in [0, 0.05) is 9.35 Å². The fourth-order valence-corrected chi connectivity index (χ4v) is 5.15. The second kappa shape index (κ2) is 6.04. The first-order chi connectivity index (χ1) is 9.70. The van der Waals surface area contributed by atoms with Gasteiger partial charge < -0.3 is 5.11 Å². The smallest absolute Gasteiger partial charge is 0.338 e. The SMILES string of the molecule is O=C(O)c1cc(Br)cc(S(=O)(=O)Cc2ccc(Cl)s2)c1F. The summed E-state index contributed by atoms with van der Waals surface area (Å²) >= 11 is 9.77. The van der Waals surface area contributed by atoms with Crippen LogP contribution < -0.4 is 0 Å². The van der Waals surface area contributed by atoms with Crippen LogP contribution in [-0.2, 0) is 15.6 Å². The van der Waals surface area contributed by atoms with Crippen LogP contribution in [0.3, 0.4) is 0 Å². The lowest BCUT2D eigenvalue weighted by molar-refractivity contribution is 0.0691. The van der Waals surface area contributed by atoms with Gasteiger partial charge >= 0.3 is 5.97 Å². The van der Waals surface area contributed by atoms with E-state index in [0.29, 0.717) is 9.21 Å². The molecule has 4 nitrogen and oxygen atoms in total. The first-order valence-electron chi connectivity index (χ1n) is 5.40. The van der Waals surface area contributed by atoms with Crippen LogP contribution in [0.5, 0.6) is 0 Å². The van der Waals surface area contributed by atoms with Crippen LogP contribution >= 0.6 is 38.9 Å². The molecule has 1 heterocycles. The Morgan fingerprint density at radius 2 is 2.05 bits per heavy atom. The number of thiophene rings is 1. The van der Waals surface area contributed by atoms with Gasteiger partial charge in [0.2, 0.25) is 0 Å². The molecule has 1 N–H and O–H groups in total. The van der Waals surface area contributed by atoms with E-state index in [1.54, 1.807) is 0 Å². The number of hydrogen-bond acceptors (Lipinski definition) is 4. The largest absolute Gasteiger partial charge is 0.478 e. The summed E-state index contributed by atoms with van der Waals surface area (Å²) in [6, 6.07) is 5.13. The average molecular weight is 414 g/mol. The van der Waals surface area contributed by atoms with E-state index in [4.69, 9.17) is 16.7 Å². The van der Waals surface area contributed by atoms with E-state index in [9.17, 15) is 17.6 Å². The summed E-state index contributed by atoms with van der Waals surface area (Å²) < 4.78 is 39.2. The maximum absolute atomic E-state index is 14.1. The number of aromatic carboxylic acids is 1. The molecule has 9 heteroatoms. The Hall–Kier alpha value is -0.960. The highest BCUT2D eigenvalue weighted by atomic mass is 79.9. The Morgan fingerprint density at radius 3 is 2.57 bits per heavy atom. The molecule has 0 unspecified atom stereocenters. The molecule has 2 aromatic rings. The average Bonchev–Trinajstić information content (AvgIpc) is 2.76. The Bertz CT molecular complexity index is 817. The summed E-state index contributed by atoms with van der Waals surface area (Å²) in [4.78, 5) is 10.7. The summed E-state index contributed by atoms with van der Waals surface area (Å²) in [5.41, 5.74) is -0.702. The van der Waals surface area contributed by atoms with Gasteiger partial charge in [-0.15, -0.1) is 11.3 Å². The molecule has 1 aromatic heterocycles. The van der Waals surface area contributed by atoms with Crippen molar-refractivity contribution in [2.75, 3.05) is 0 Å². The Labute approximate surface area is 137 Å². The number of carboxylic acids is 1. The molecular weight excluding hydrogens is 407 g/mol. The van der Waals surface area contributed by atoms with Gasteiger partial charge in [0.25, 0.3) is 0 Å². The molecule has 0 atom stereocenters. The molecule has 1 aromatic carbocycles. The van der Waals surface area contributed by atoms with E-state index in [1.165, 1.54) is 12.1 Å². The fourth-order valence-electron chi connectivity index (χ4n) is 1.64. The van der Waals surface area contributed by atoms with Crippen LogP contribution in [0.2, 0.25) is 4.34 Å². The minimum atomic E-state index is -4.03. The van der Waals surface area contributed by atoms with E-state index < -0.39 is 37.8 Å². The quantitative estimate of drug-likeness (QED) is 0.823. The zero-order valence-electron chi connectivity index (χ0n) is 10.1. The van der Waals surface area contributed by atoms with Crippen LogP contribution in [0.15, 0.2) is 33.6 Å². The van der Waals surface area contributed by atoms with Crippen molar-refractivity contribution in [3.05, 3.63) is 49.3 Å². The van der Waals surface area contributed by atoms with E-state index >= 15 is 0 Å². The highest BCUT2D eigenvalue weighted by Gasteiger charge is 2.25. The van der Waals surface area contributed by atoms with Gasteiger partial charge in [0.05, 0.1) is 15.7 Å². The number of carbonyl (C=O) groups is 1. The highest BCUT2D eigenvalue weighted by Crippen LogP contribution is 2.29. The monoisotopic (exact) mass is 412 g/mol. The third kappa shape index (κ3) is 3.63. The molecule has 0 amide bonds. The molecule has 112 valence electrons. The van der Waals surface area contributed by atoms with Crippen LogP contribution in [0.1, 0.15) is 15.2 Å². The molecular formula is C12H7BrClFO4S2. The van der Waals surface area contributed by atoms with Crippen molar-refractivity contribution in [2.45, 2.75) is 10.6 Å². The molecule has 0 bridgehead atoms. The molecule has 0 radical (unpaired) electrons. The van der Waals surface area contributed by atoms with E-state index in [2.05, 4.69) is 15.9 Å². The number of halogens is 3. The van der Waals surface area contributed by atoms with Crippen molar-refractivity contribution in [3.8, 4) is 0 Å². The lowest BCUT2D eigenvalue weighted by Crippen LogP contribution is -2.11. The van der Waals surface area contributed by atoms with Gasteiger partial charge in [-0.1, -0.05) is 27.5 Å². The second-order valence-electron chi connectivity index (χ2n) is 4.04. The van der Waals surface area contributed by atoms with Crippen LogP contribution in [0.4, 0.5) is 4.39 Å². The lowest BCUT2D eigenvalue weighted by atomic mass is 10.2. The summed E-state index contributed by atoms with van der Waals surface area (Å²) in [6.45, 7) is 0. The predicted octanol–water partition coefficient (Wildman–Crippen LogP) is 3.98. The number of carboxylic acid groups (broad SMARTS) is 1. The third-order valence-electron chi connectivity index (χ3n) is 2.53. The first-order valence-corrected chi connectivity index (χ1v) is 9.04. The van der Waals surface area contributed by atoms with Crippen LogP contribution in [0.25, 0.3) is 0 Å². The van der Waals surface area contributed by atoms with E-state index in [0.717, 1.165) is 23.5 Å². The molecule has 0 saturated heterocycles. The molecule has 0 spiro atoms. The first kappa shape index (κ1) is 16.4. The normalized spacial score (nSPS) is 11.6. The van der Waals surface area contributed by atoms with Crippen LogP contribution in [-0.4, -0.2) is 19.5 Å². The van der Waals surface area contributed by atoms with Crippen molar-refractivity contribution < 1.29 is 22.7 Å². The Morgan fingerprint density at radius 1 is 1.38 bits per heavy atom. The zero-order chi connectivity index (χ0) is 15.8. The van der Waals surface area contributed by atoms with Gasteiger partial charge in [-0.05, 0) is 24.3 Å². The van der Waals surface area contributed by atoms with Gasteiger partial charge in [-0.2, -0.15) is 0 Å². The van der Waals surface area contributed by atoms with Gasteiger partial charge in [0.1, 0.15) is 4.90 Å². The molecule has 0 saturated carbocycles. The molecule has 0 aliphatic rings. The van der Waals surface area contributed by atoms with Crippen molar-refractivity contribution in [2.24, 2.45) is 0 Å². The molecule has 0 aliphatic heterocycles. The van der Waals surface area contributed by atoms with E-state index in [1.807, 2.05) is 0 Å². The summed E-state index contributed by atoms with van der Waals surface area (Å²) in [5, 5.41) is 8.90. The van der Waals surface area contributed by atoms with Crippen molar-refractivity contribution in [1.29, 1.82) is 0 Å². The van der Waals surface area contributed by atoms with Gasteiger partial charge in [-0.3, -0.25) is 0 Å². The number of hydrogen-bond donors (Lipinski definition) is 1. The number of sulfone groups is 1. The maximum atomic E-state index is 14.1. The van der Waals surface area contributed by atoms with Crippen LogP contribution in [0, 0.1) is 5.82 Å². The lowest BCUT2D eigenvalue weighted by Gasteiger charge is -2.08. The maximum Gasteiger partial charge on any atom is 0.338 e. The van der Waals surface area contributed by atoms with E-state index in [-0.39, 0.29) is 4.47 Å². The molecule has 0 fully saturated rings. The predicted molar refractivity (Wildman–Crippen MR) is 81.3 cm³/mol.